The summed E-state index contributed by atoms with van der Waals surface area (Å²) >= 11 is 0. The number of rotatable bonds is 13. The van der Waals surface area contributed by atoms with Crippen LogP contribution in [-0.2, 0) is 23.8 Å². The summed E-state index contributed by atoms with van der Waals surface area (Å²) in [5.41, 5.74) is 0. The van der Waals surface area contributed by atoms with Crippen LogP contribution >= 0.6 is 0 Å². The smallest absolute Gasteiger partial charge is 0.305 e. The third kappa shape index (κ3) is 8.32. The summed E-state index contributed by atoms with van der Waals surface area (Å²) in [5.74, 6) is 0.0851. The number of methoxy groups -OCH3 is 1. The van der Waals surface area contributed by atoms with Crippen molar-refractivity contribution in [1.82, 2.24) is 4.90 Å². The third-order valence-electron chi connectivity index (χ3n) is 4.10. The standard InChI is InChI=1S/C17H31NO5/c1-3-22-12-13-23-14-15-9-10-16(19)18(15)11-7-5-4-6-8-17(20)21-2/h15H,3-14H2,1-2H3. The van der Waals surface area contributed by atoms with E-state index in [1.165, 1.54) is 7.11 Å². The van der Waals surface area contributed by atoms with Crippen molar-refractivity contribution in [3.8, 4) is 0 Å². The fraction of sp³-hybridized carbons (Fsp3) is 0.882. The van der Waals surface area contributed by atoms with Crippen molar-refractivity contribution in [3.63, 3.8) is 0 Å². The van der Waals surface area contributed by atoms with Gasteiger partial charge in [-0.3, -0.25) is 9.59 Å². The molecule has 1 heterocycles. The molecule has 1 atom stereocenters. The Labute approximate surface area is 139 Å². The Balaban J connectivity index is 2.12. The molecule has 1 fully saturated rings. The van der Waals surface area contributed by atoms with E-state index in [-0.39, 0.29) is 17.9 Å². The zero-order valence-corrected chi connectivity index (χ0v) is 14.6. The highest BCUT2D eigenvalue weighted by Gasteiger charge is 2.30. The number of likely N-dealkylation sites (tertiary alicyclic amines) is 1. The summed E-state index contributed by atoms with van der Waals surface area (Å²) in [6.07, 6.45) is 5.84. The highest BCUT2D eigenvalue weighted by atomic mass is 16.5. The maximum Gasteiger partial charge on any atom is 0.305 e. The molecule has 23 heavy (non-hydrogen) atoms. The summed E-state index contributed by atoms with van der Waals surface area (Å²) in [5, 5.41) is 0. The molecule has 6 heteroatoms. The first kappa shape index (κ1) is 19.9. The van der Waals surface area contributed by atoms with Crippen LogP contribution in [0.15, 0.2) is 0 Å². The number of unbranched alkanes of at least 4 members (excludes halogenated alkanes) is 3. The van der Waals surface area contributed by atoms with Gasteiger partial charge in [0.05, 0.1) is 33.0 Å². The molecular weight excluding hydrogens is 298 g/mol. The summed E-state index contributed by atoms with van der Waals surface area (Å²) in [6, 6.07) is 0.208. The molecule has 0 aromatic rings. The lowest BCUT2D eigenvalue weighted by atomic mass is 10.1. The molecule has 0 aliphatic carbocycles. The summed E-state index contributed by atoms with van der Waals surface area (Å²) in [4.78, 5) is 24.9. The Bertz CT molecular complexity index is 348. The summed E-state index contributed by atoms with van der Waals surface area (Å²) in [7, 11) is 1.41. The van der Waals surface area contributed by atoms with E-state index in [9.17, 15) is 9.59 Å². The van der Waals surface area contributed by atoms with Gasteiger partial charge in [0.25, 0.3) is 0 Å². The molecule has 1 aliphatic rings. The van der Waals surface area contributed by atoms with Gasteiger partial charge in [0.15, 0.2) is 0 Å². The molecule has 1 amide bonds. The maximum absolute atomic E-state index is 12.0. The Morgan fingerprint density at radius 3 is 2.65 bits per heavy atom. The average molecular weight is 329 g/mol. The minimum Gasteiger partial charge on any atom is -0.469 e. The second-order valence-corrected chi connectivity index (χ2v) is 5.79. The van der Waals surface area contributed by atoms with Crippen LogP contribution in [0.2, 0.25) is 0 Å². The highest BCUT2D eigenvalue weighted by Crippen LogP contribution is 2.20. The van der Waals surface area contributed by atoms with Gasteiger partial charge < -0.3 is 19.1 Å². The molecule has 1 rings (SSSR count). The van der Waals surface area contributed by atoms with Gasteiger partial charge in [-0.05, 0) is 26.2 Å². The molecule has 1 aliphatic heterocycles. The first-order chi connectivity index (χ1) is 11.2. The Morgan fingerprint density at radius 1 is 1.17 bits per heavy atom. The minimum atomic E-state index is -0.149. The van der Waals surface area contributed by atoms with E-state index in [1.807, 2.05) is 11.8 Å². The molecule has 1 saturated heterocycles. The van der Waals surface area contributed by atoms with Gasteiger partial charge in [-0.25, -0.2) is 0 Å². The van der Waals surface area contributed by atoms with Crippen molar-refractivity contribution in [2.24, 2.45) is 0 Å². The Hall–Kier alpha value is -1.14. The highest BCUT2D eigenvalue weighted by molar-refractivity contribution is 5.78. The number of esters is 1. The molecule has 0 N–H and O–H groups in total. The number of hydrogen-bond acceptors (Lipinski definition) is 5. The number of carbonyl (C=O) groups excluding carboxylic acids is 2. The van der Waals surface area contributed by atoms with E-state index in [2.05, 4.69) is 4.74 Å². The fourth-order valence-corrected chi connectivity index (χ4v) is 2.76. The first-order valence-corrected chi connectivity index (χ1v) is 8.70. The monoisotopic (exact) mass is 329 g/mol. The van der Waals surface area contributed by atoms with Crippen LogP contribution in [0.3, 0.4) is 0 Å². The molecule has 0 bridgehead atoms. The Morgan fingerprint density at radius 2 is 1.91 bits per heavy atom. The number of ether oxygens (including phenoxy) is 3. The third-order valence-corrected chi connectivity index (χ3v) is 4.10. The van der Waals surface area contributed by atoms with Crippen molar-refractivity contribution < 1.29 is 23.8 Å². The van der Waals surface area contributed by atoms with E-state index in [1.54, 1.807) is 0 Å². The number of amides is 1. The second-order valence-electron chi connectivity index (χ2n) is 5.79. The zero-order chi connectivity index (χ0) is 16.9. The van der Waals surface area contributed by atoms with Crippen LogP contribution in [0.5, 0.6) is 0 Å². The van der Waals surface area contributed by atoms with Crippen LogP contribution in [0.25, 0.3) is 0 Å². The quantitative estimate of drug-likeness (QED) is 0.383. The molecule has 0 radical (unpaired) electrons. The van der Waals surface area contributed by atoms with Gasteiger partial charge in [-0.15, -0.1) is 0 Å². The molecule has 6 nitrogen and oxygen atoms in total. The van der Waals surface area contributed by atoms with E-state index >= 15 is 0 Å². The average Bonchev–Trinajstić information content (AvgIpc) is 2.90. The molecule has 0 aromatic heterocycles. The van der Waals surface area contributed by atoms with Crippen molar-refractivity contribution in [2.75, 3.05) is 40.1 Å². The van der Waals surface area contributed by atoms with Crippen LogP contribution in [0.1, 0.15) is 51.9 Å². The van der Waals surface area contributed by atoms with Crippen LogP contribution in [-0.4, -0.2) is 62.9 Å². The van der Waals surface area contributed by atoms with Crippen molar-refractivity contribution >= 4 is 11.9 Å². The van der Waals surface area contributed by atoms with E-state index < -0.39 is 0 Å². The van der Waals surface area contributed by atoms with Crippen LogP contribution in [0, 0.1) is 0 Å². The van der Waals surface area contributed by atoms with Gasteiger partial charge in [0.2, 0.25) is 5.91 Å². The predicted molar refractivity (Wildman–Crippen MR) is 87.1 cm³/mol. The molecule has 134 valence electrons. The lowest BCUT2D eigenvalue weighted by Crippen LogP contribution is -2.37. The fourth-order valence-electron chi connectivity index (χ4n) is 2.76. The SMILES string of the molecule is CCOCCOCC1CCC(=O)N1CCCCCCC(=O)OC. The van der Waals surface area contributed by atoms with Crippen molar-refractivity contribution in [3.05, 3.63) is 0 Å². The summed E-state index contributed by atoms with van der Waals surface area (Å²) in [6.45, 7) is 5.24. The van der Waals surface area contributed by atoms with Crippen LogP contribution < -0.4 is 0 Å². The van der Waals surface area contributed by atoms with Gasteiger partial charge in [-0.2, -0.15) is 0 Å². The maximum atomic E-state index is 12.0. The predicted octanol–water partition coefficient (Wildman–Crippen LogP) is 2.15. The molecule has 1 unspecified atom stereocenters. The van der Waals surface area contributed by atoms with Crippen LogP contribution in [0.4, 0.5) is 0 Å². The second kappa shape index (κ2) is 12.3. The lowest BCUT2D eigenvalue weighted by Gasteiger charge is -2.24. The van der Waals surface area contributed by atoms with Gasteiger partial charge in [0, 0.05) is 26.0 Å². The topological polar surface area (TPSA) is 65.1 Å². The normalized spacial score (nSPS) is 17.7. The zero-order valence-electron chi connectivity index (χ0n) is 14.6. The molecule has 0 aromatic carbocycles. The van der Waals surface area contributed by atoms with Gasteiger partial charge in [-0.1, -0.05) is 12.8 Å². The first-order valence-electron chi connectivity index (χ1n) is 8.70. The van der Waals surface area contributed by atoms with Gasteiger partial charge in [0.1, 0.15) is 0 Å². The van der Waals surface area contributed by atoms with Crippen molar-refractivity contribution in [1.29, 1.82) is 0 Å². The van der Waals surface area contributed by atoms with Gasteiger partial charge >= 0.3 is 5.97 Å². The van der Waals surface area contributed by atoms with E-state index in [4.69, 9.17) is 9.47 Å². The Kier molecular flexibility index (Phi) is 10.6. The lowest BCUT2D eigenvalue weighted by molar-refractivity contribution is -0.140. The molecular formula is C17H31NO5. The van der Waals surface area contributed by atoms with E-state index in [0.717, 1.165) is 38.6 Å². The number of hydrogen-bond donors (Lipinski definition) is 0. The largest absolute Gasteiger partial charge is 0.469 e. The molecule has 0 saturated carbocycles. The van der Waals surface area contributed by atoms with Crippen molar-refractivity contribution in [2.45, 2.75) is 57.9 Å². The van der Waals surface area contributed by atoms with E-state index in [0.29, 0.717) is 39.3 Å². The summed E-state index contributed by atoms with van der Waals surface area (Å²) < 4.78 is 15.5. The minimum absolute atomic E-state index is 0.149. The molecule has 0 spiro atoms. The number of carbonyl (C=O) groups is 2. The number of nitrogens with zero attached hydrogens (tertiary/aromatic N) is 1.